The number of amides is 2. The average molecular weight is 463 g/mol. The first kappa shape index (κ1) is 23.0. The van der Waals surface area contributed by atoms with Crippen LogP contribution in [0.4, 0.5) is 4.79 Å². The van der Waals surface area contributed by atoms with Gasteiger partial charge in [-0.3, -0.25) is 9.48 Å². The molecule has 9 nitrogen and oxygen atoms in total. The van der Waals surface area contributed by atoms with Crippen LogP contribution in [0.3, 0.4) is 0 Å². The number of rotatable bonds is 7. The van der Waals surface area contributed by atoms with Crippen molar-refractivity contribution in [1.29, 1.82) is 0 Å². The molecule has 1 aromatic heterocycles. The Bertz CT molecular complexity index is 1210. The van der Waals surface area contributed by atoms with Crippen LogP contribution in [0.5, 0.6) is 0 Å². The van der Waals surface area contributed by atoms with Crippen molar-refractivity contribution in [3.63, 3.8) is 0 Å². The standard InChI is InChI=1S/C25H26N4O5/c1-15(24(31)32)28(2)23(30)22-12-16(27-29(22)3)13-26-25(33)34-14-21-19-10-6-4-8-17(19)18-9-5-7-11-20(18)21/h4-12,15,21H,13-14H2,1-3H3,(H,26,33)(H,31,32)/t15-/m0/s1. The zero-order valence-electron chi connectivity index (χ0n) is 19.2. The molecule has 0 saturated heterocycles. The first-order valence-electron chi connectivity index (χ1n) is 10.9. The Kier molecular flexibility index (Phi) is 6.36. The number of fused-ring (bicyclic) bond motifs is 3. The van der Waals surface area contributed by atoms with Crippen LogP contribution >= 0.6 is 0 Å². The molecule has 1 atom stereocenters. The van der Waals surface area contributed by atoms with Crippen molar-refractivity contribution in [2.75, 3.05) is 13.7 Å². The number of aromatic nitrogens is 2. The topological polar surface area (TPSA) is 114 Å². The molecule has 2 amide bonds. The van der Waals surface area contributed by atoms with Crippen LogP contribution in [0.25, 0.3) is 11.1 Å². The Morgan fingerprint density at radius 1 is 1.12 bits per heavy atom. The van der Waals surface area contributed by atoms with Crippen LogP contribution in [0.2, 0.25) is 0 Å². The van der Waals surface area contributed by atoms with E-state index in [2.05, 4.69) is 34.7 Å². The van der Waals surface area contributed by atoms with Crippen molar-refractivity contribution in [2.45, 2.75) is 25.4 Å². The van der Waals surface area contributed by atoms with Gasteiger partial charge in [0.15, 0.2) is 0 Å². The number of nitrogens with zero attached hydrogens (tertiary/aromatic N) is 3. The van der Waals surface area contributed by atoms with E-state index in [0.29, 0.717) is 5.69 Å². The number of carbonyl (C=O) groups excluding carboxylic acids is 2. The summed E-state index contributed by atoms with van der Waals surface area (Å²) in [5, 5.41) is 16.0. The maximum absolute atomic E-state index is 12.6. The largest absolute Gasteiger partial charge is 0.480 e. The molecule has 34 heavy (non-hydrogen) atoms. The van der Waals surface area contributed by atoms with Crippen LogP contribution in [0, 0.1) is 0 Å². The number of carboxylic acids is 1. The minimum Gasteiger partial charge on any atom is -0.480 e. The van der Waals surface area contributed by atoms with Gasteiger partial charge in [-0.25, -0.2) is 9.59 Å². The molecule has 9 heteroatoms. The van der Waals surface area contributed by atoms with E-state index >= 15 is 0 Å². The normalized spacial score (nSPS) is 13.0. The number of alkyl carbamates (subject to hydrolysis) is 1. The second kappa shape index (κ2) is 9.38. The van der Waals surface area contributed by atoms with E-state index in [1.807, 2.05) is 24.3 Å². The number of benzene rings is 2. The summed E-state index contributed by atoms with van der Waals surface area (Å²) in [5.74, 6) is -1.61. The van der Waals surface area contributed by atoms with Gasteiger partial charge in [-0.2, -0.15) is 5.10 Å². The van der Waals surface area contributed by atoms with Crippen molar-refractivity contribution in [3.05, 3.63) is 77.1 Å². The predicted octanol–water partition coefficient (Wildman–Crippen LogP) is 3.00. The fourth-order valence-corrected chi connectivity index (χ4v) is 4.15. The molecule has 0 fully saturated rings. The first-order valence-corrected chi connectivity index (χ1v) is 10.9. The van der Waals surface area contributed by atoms with Gasteiger partial charge in [0.05, 0.1) is 12.2 Å². The zero-order chi connectivity index (χ0) is 24.4. The second-order valence-electron chi connectivity index (χ2n) is 8.25. The van der Waals surface area contributed by atoms with E-state index in [9.17, 15) is 14.4 Å². The molecule has 3 aromatic rings. The number of aliphatic carboxylic acids is 1. The maximum atomic E-state index is 12.6. The van der Waals surface area contributed by atoms with Gasteiger partial charge in [0.2, 0.25) is 0 Å². The van der Waals surface area contributed by atoms with Gasteiger partial charge in [-0.1, -0.05) is 48.5 Å². The average Bonchev–Trinajstić information content (AvgIpc) is 3.37. The predicted molar refractivity (Wildman–Crippen MR) is 124 cm³/mol. The summed E-state index contributed by atoms with van der Waals surface area (Å²) in [4.78, 5) is 37.3. The number of ether oxygens (including phenoxy) is 1. The van der Waals surface area contributed by atoms with E-state index < -0.39 is 24.0 Å². The fraction of sp³-hybridized carbons (Fsp3) is 0.280. The molecule has 0 saturated carbocycles. The molecule has 176 valence electrons. The van der Waals surface area contributed by atoms with Crippen molar-refractivity contribution in [1.82, 2.24) is 20.0 Å². The third-order valence-electron chi connectivity index (χ3n) is 6.17. The van der Waals surface area contributed by atoms with Gasteiger partial charge in [0.25, 0.3) is 5.91 Å². The SMILES string of the molecule is C[C@@H](C(=O)O)N(C)C(=O)c1cc(CNC(=O)OCC2c3ccccc3-c3ccccc32)nn1C. The van der Waals surface area contributed by atoms with Crippen LogP contribution < -0.4 is 5.32 Å². The monoisotopic (exact) mass is 462 g/mol. The van der Waals surface area contributed by atoms with Crippen molar-refractivity contribution < 1.29 is 24.2 Å². The molecule has 0 radical (unpaired) electrons. The van der Waals surface area contributed by atoms with Gasteiger partial charge in [0.1, 0.15) is 18.3 Å². The van der Waals surface area contributed by atoms with Crippen molar-refractivity contribution in [3.8, 4) is 11.1 Å². The number of carboxylic acid groups (broad SMARTS) is 1. The highest BCUT2D eigenvalue weighted by Gasteiger charge is 2.29. The van der Waals surface area contributed by atoms with Crippen LogP contribution in [0.15, 0.2) is 54.6 Å². The van der Waals surface area contributed by atoms with Crippen LogP contribution in [-0.4, -0.2) is 57.5 Å². The lowest BCUT2D eigenvalue weighted by Crippen LogP contribution is -2.40. The molecule has 1 aliphatic carbocycles. The summed E-state index contributed by atoms with van der Waals surface area (Å²) in [6, 6.07) is 16.7. The third-order valence-corrected chi connectivity index (χ3v) is 6.17. The highest BCUT2D eigenvalue weighted by Crippen LogP contribution is 2.44. The molecule has 0 aliphatic heterocycles. The van der Waals surface area contributed by atoms with Gasteiger partial charge in [-0.15, -0.1) is 0 Å². The number of likely N-dealkylation sites (N-methyl/N-ethyl adjacent to an activating group) is 1. The van der Waals surface area contributed by atoms with Gasteiger partial charge < -0.3 is 20.1 Å². The van der Waals surface area contributed by atoms with Crippen LogP contribution in [-0.2, 0) is 23.1 Å². The van der Waals surface area contributed by atoms with E-state index in [1.165, 1.54) is 24.7 Å². The number of carbonyl (C=O) groups is 3. The smallest absolute Gasteiger partial charge is 0.407 e. The van der Waals surface area contributed by atoms with Gasteiger partial charge >= 0.3 is 12.1 Å². The Balaban J connectivity index is 1.36. The molecule has 4 rings (SSSR count). The van der Waals surface area contributed by atoms with E-state index in [4.69, 9.17) is 9.84 Å². The summed E-state index contributed by atoms with van der Waals surface area (Å²) in [5.41, 5.74) is 5.24. The highest BCUT2D eigenvalue weighted by molar-refractivity contribution is 5.95. The molecule has 2 N–H and O–H groups in total. The van der Waals surface area contributed by atoms with Gasteiger partial charge in [-0.05, 0) is 35.2 Å². The molecule has 0 bridgehead atoms. The lowest BCUT2D eigenvalue weighted by molar-refractivity contribution is -0.141. The molecule has 2 aromatic carbocycles. The Labute approximate surface area is 196 Å². The Morgan fingerprint density at radius 3 is 2.29 bits per heavy atom. The van der Waals surface area contributed by atoms with E-state index in [1.54, 1.807) is 7.05 Å². The van der Waals surface area contributed by atoms with E-state index in [-0.39, 0.29) is 24.8 Å². The summed E-state index contributed by atoms with van der Waals surface area (Å²) in [7, 11) is 3.01. The minimum atomic E-state index is -1.10. The lowest BCUT2D eigenvalue weighted by atomic mass is 9.98. The van der Waals surface area contributed by atoms with Crippen molar-refractivity contribution >= 4 is 18.0 Å². The fourth-order valence-electron chi connectivity index (χ4n) is 4.15. The van der Waals surface area contributed by atoms with Crippen molar-refractivity contribution in [2.24, 2.45) is 7.05 Å². The quantitative estimate of drug-likeness (QED) is 0.558. The Hall–Kier alpha value is -4.14. The van der Waals surface area contributed by atoms with E-state index in [0.717, 1.165) is 27.2 Å². The third kappa shape index (κ3) is 4.36. The molecule has 0 spiro atoms. The molecular formula is C25H26N4O5. The van der Waals surface area contributed by atoms with Crippen LogP contribution in [0.1, 0.15) is 40.2 Å². The molecule has 1 heterocycles. The molecule has 1 aliphatic rings. The molecule has 0 unspecified atom stereocenters. The number of nitrogens with one attached hydrogen (secondary N) is 1. The molecular weight excluding hydrogens is 436 g/mol. The lowest BCUT2D eigenvalue weighted by Gasteiger charge is -2.21. The summed E-state index contributed by atoms with van der Waals surface area (Å²) in [6.45, 7) is 1.69. The number of hydrogen-bond donors (Lipinski definition) is 2. The number of aryl methyl sites for hydroxylation is 1. The Morgan fingerprint density at radius 2 is 1.71 bits per heavy atom. The van der Waals surface area contributed by atoms with Gasteiger partial charge in [0, 0.05) is 20.0 Å². The maximum Gasteiger partial charge on any atom is 0.407 e. The first-order chi connectivity index (χ1) is 16.3. The highest BCUT2D eigenvalue weighted by atomic mass is 16.5. The summed E-state index contributed by atoms with van der Waals surface area (Å²) < 4.78 is 6.88. The minimum absolute atomic E-state index is 0.0380. The summed E-state index contributed by atoms with van der Waals surface area (Å²) >= 11 is 0. The summed E-state index contributed by atoms with van der Waals surface area (Å²) in [6.07, 6.45) is -0.586. The second-order valence-corrected chi connectivity index (χ2v) is 8.25. The zero-order valence-corrected chi connectivity index (χ0v) is 19.2. The number of hydrogen-bond acceptors (Lipinski definition) is 5.